The molecule has 0 amide bonds. The van der Waals surface area contributed by atoms with Crippen LogP contribution in [0.1, 0.15) is 18.1 Å². The van der Waals surface area contributed by atoms with Crippen LogP contribution in [0.25, 0.3) is 0 Å². The number of nitrogens with one attached hydrogen (secondary N) is 1. The van der Waals surface area contributed by atoms with E-state index in [1.54, 1.807) is 0 Å². The van der Waals surface area contributed by atoms with Gasteiger partial charge in [0.25, 0.3) is 0 Å². The van der Waals surface area contributed by atoms with Crippen LogP contribution >= 0.6 is 0 Å². The summed E-state index contributed by atoms with van der Waals surface area (Å²) in [6.45, 7) is 4.11. The molecule has 1 aromatic carbocycles. The van der Waals surface area contributed by atoms with Gasteiger partial charge in [-0.15, -0.1) is 0 Å². The molecule has 0 aromatic heterocycles. The molecular weight excluding hydrogens is 178 g/mol. The van der Waals surface area contributed by atoms with Crippen molar-refractivity contribution in [3.63, 3.8) is 0 Å². The zero-order valence-electron chi connectivity index (χ0n) is 8.50. The summed E-state index contributed by atoms with van der Waals surface area (Å²) in [5.41, 5.74) is 3.36. The van der Waals surface area contributed by atoms with Crippen molar-refractivity contribution < 1.29 is 9.90 Å². The Morgan fingerprint density at radius 1 is 1.50 bits per heavy atom. The number of hydrogen-bond donors (Lipinski definition) is 2. The number of benzene rings is 1. The minimum Gasteiger partial charge on any atom is -0.480 e. The molecule has 76 valence electrons. The fourth-order valence-corrected chi connectivity index (χ4v) is 1.34. The van der Waals surface area contributed by atoms with Crippen molar-refractivity contribution in [1.29, 1.82) is 0 Å². The topological polar surface area (TPSA) is 49.3 Å². The average Bonchev–Trinajstić information content (AvgIpc) is 2.16. The lowest BCUT2D eigenvalue weighted by Gasteiger charge is -2.07. The second-order valence-electron chi connectivity index (χ2n) is 3.24. The molecule has 0 spiro atoms. The van der Waals surface area contributed by atoms with Crippen molar-refractivity contribution in [2.75, 3.05) is 11.9 Å². The zero-order chi connectivity index (χ0) is 10.6. The van der Waals surface area contributed by atoms with Gasteiger partial charge in [-0.2, -0.15) is 0 Å². The summed E-state index contributed by atoms with van der Waals surface area (Å²) in [6.07, 6.45) is 0.967. The largest absolute Gasteiger partial charge is 0.480 e. The first-order valence-corrected chi connectivity index (χ1v) is 4.68. The summed E-state index contributed by atoms with van der Waals surface area (Å²) < 4.78 is 0. The number of anilines is 1. The Morgan fingerprint density at radius 2 is 2.21 bits per heavy atom. The second-order valence-corrected chi connectivity index (χ2v) is 3.24. The Morgan fingerprint density at radius 3 is 2.79 bits per heavy atom. The molecule has 0 aliphatic heterocycles. The number of aryl methyl sites for hydroxylation is 2. The molecule has 14 heavy (non-hydrogen) atoms. The van der Waals surface area contributed by atoms with E-state index in [4.69, 9.17) is 5.11 Å². The first kappa shape index (κ1) is 10.6. The maximum atomic E-state index is 10.3. The van der Waals surface area contributed by atoms with Crippen molar-refractivity contribution in [2.45, 2.75) is 20.3 Å². The van der Waals surface area contributed by atoms with Crippen LogP contribution in [0.4, 0.5) is 5.69 Å². The van der Waals surface area contributed by atoms with E-state index in [-0.39, 0.29) is 6.54 Å². The van der Waals surface area contributed by atoms with Crippen LogP contribution in [0.5, 0.6) is 0 Å². The molecule has 0 aliphatic rings. The minimum absolute atomic E-state index is 0.0355. The number of carboxylic acids is 1. The van der Waals surface area contributed by atoms with Crippen LogP contribution in [0.3, 0.4) is 0 Å². The molecule has 0 aliphatic carbocycles. The van der Waals surface area contributed by atoms with Crippen LogP contribution in [0.2, 0.25) is 0 Å². The fraction of sp³-hybridized carbons (Fsp3) is 0.364. The normalized spacial score (nSPS) is 9.86. The number of carbonyl (C=O) groups is 1. The van der Waals surface area contributed by atoms with Crippen molar-refractivity contribution in [3.05, 3.63) is 29.3 Å². The summed E-state index contributed by atoms with van der Waals surface area (Å²) in [7, 11) is 0. The van der Waals surface area contributed by atoms with Crippen molar-refractivity contribution in [3.8, 4) is 0 Å². The van der Waals surface area contributed by atoms with Crippen LogP contribution in [0, 0.1) is 6.92 Å². The molecule has 2 N–H and O–H groups in total. The van der Waals surface area contributed by atoms with E-state index < -0.39 is 5.97 Å². The SMILES string of the molecule is CCc1cc(NCC(=O)O)ccc1C. The van der Waals surface area contributed by atoms with Gasteiger partial charge >= 0.3 is 5.97 Å². The molecule has 3 heteroatoms. The van der Waals surface area contributed by atoms with Crippen LogP contribution in [-0.2, 0) is 11.2 Å². The highest BCUT2D eigenvalue weighted by atomic mass is 16.4. The Kier molecular flexibility index (Phi) is 3.51. The van der Waals surface area contributed by atoms with Gasteiger partial charge in [0.15, 0.2) is 0 Å². The monoisotopic (exact) mass is 193 g/mol. The predicted octanol–water partition coefficient (Wildman–Crippen LogP) is 2.05. The summed E-state index contributed by atoms with van der Waals surface area (Å²) >= 11 is 0. The molecule has 0 radical (unpaired) electrons. The second kappa shape index (κ2) is 4.65. The number of hydrogen-bond acceptors (Lipinski definition) is 2. The highest BCUT2D eigenvalue weighted by Crippen LogP contribution is 2.15. The fourth-order valence-electron chi connectivity index (χ4n) is 1.34. The van der Waals surface area contributed by atoms with E-state index >= 15 is 0 Å². The first-order chi connectivity index (χ1) is 6.63. The molecule has 0 atom stereocenters. The van der Waals surface area contributed by atoms with Crippen molar-refractivity contribution >= 4 is 11.7 Å². The maximum Gasteiger partial charge on any atom is 0.322 e. The molecule has 0 unspecified atom stereocenters. The molecule has 1 aromatic rings. The lowest BCUT2D eigenvalue weighted by molar-refractivity contribution is -0.134. The summed E-state index contributed by atoms with van der Waals surface area (Å²) in [5.74, 6) is -0.844. The van der Waals surface area contributed by atoms with Gasteiger partial charge in [0.1, 0.15) is 6.54 Å². The minimum atomic E-state index is -0.844. The Labute approximate surface area is 83.8 Å². The van der Waals surface area contributed by atoms with Gasteiger partial charge in [0, 0.05) is 5.69 Å². The zero-order valence-corrected chi connectivity index (χ0v) is 8.50. The molecule has 0 saturated heterocycles. The van der Waals surface area contributed by atoms with Gasteiger partial charge in [0.05, 0.1) is 0 Å². The van der Waals surface area contributed by atoms with E-state index in [1.807, 2.05) is 18.2 Å². The predicted molar refractivity (Wildman–Crippen MR) is 56.7 cm³/mol. The van der Waals surface area contributed by atoms with Gasteiger partial charge < -0.3 is 10.4 Å². The third-order valence-electron chi connectivity index (χ3n) is 2.17. The van der Waals surface area contributed by atoms with Gasteiger partial charge in [-0.1, -0.05) is 13.0 Å². The molecule has 3 nitrogen and oxygen atoms in total. The molecule has 0 heterocycles. The molecule has 0 saturated carbocycles. The summed E-state index contributed by atoms with van der Waals surface area (Å²) in [4.78, 5) is 10.3. The van der Waals surface area contributed by atoms with Crippen LogP contribution < -0.4 is 5.32 Å². The molecule has 1 rings (SSSR count). The molecule has 0 fully saturated rings. The van der Waals surface area contributed by atoms with E-state index in [2.05, 4.69) is 19.2 Å². The summed E-state index contributed by atoms with van der Waals surface area (Å²) in [5, 5.41) is 11.3. The molecular formula is C11H15NO2. The third-order valence-corrected chi connectivity index (χ3v) is 2.17. The number of rotatable bonds is 4. The van der Waals surface area contributed by atoms with Crippen molar-refractivity contribution in [1.82, 2.24) is 0 Å². The van der Waals surface area contributed by atoms with Gasteiger partial charge in [-0.05, 0) is 36.6 Å². The lowest BCUT2D eigenvalue weighted by Crippen LogP contribution is -2.12. The van der Waals surface area contributed by atoms with E-state index in [1.165, 1.54) is 11.1 Å². The maximum absolute atomic E-state index is 10.3. The Hall–Kier alpha value is -1.51. The van der Waals surface area contributed by atoms with E-state index in [0.29, 0.717) is 0 Å². The molecule has 0 bridgehead atoms. The number of aliphatic carboxylic acids is 1. The summed E-state index contributed by atoms with van der Waals surface area (Å²) in [6, 6.07) is 5.90. The van der Waals surface area contributed by atoms with Gasteiger partial charge in [-0.3, -0.25) is 4.79 Å². The average molecular weight is 193 g/mol. The Balaban J connectivity index is 2.74. The smallest absolute Gasteiger partial charge is 0.322 e. The van der Waals surface area contributed by atoms with Gasteiger partial charge in [-0.25, -0.2) is 0 Å². The third kappa shape index (κ3) is 2.76. The van der Waals surface area contributed by atoms with E-state index in [9.17, 15) is 4.79 Å². The highest BCUT2D eigenvalue weighted by molar-refractivity contribution is 5.72. The number of carboxylic acid groups (broad SMARTS) is 1. The van der Waals surface area contributed by atoms with Gasteiger partial charge in [0.2, 0.25) is 0 Å². The van der Waals surface area contributed by atoms with Crippen LogP contribution in [0.15, 0.2) is 18.2 Å². The lowest BCUT2D eigenvalue weighted by atomic mass is 10.1. The quantitative estimate of drug-likeness (QED) is 0.769. The van der Waals surface area contributed by atoms with Crippen LogP contribution in [-0.4, -0.2) is 17.6 Å². The first-order valence-electron chi connectivity index (χ1n) is 4.68. The van der Waals surface area contributed by atoms with E-state index in [0.717, 1.165) is 12.1 Å². The Bertz CT molecular complexity index is 334. The standard InChI is InChI=1S/C11H15NO2/c1-3-9-6-10(5-4-8(9)2)12-7-11(13)14/h4-6,12H,3,7H2,1-2H3,(H,13,14). The van der Waals surface area contributed by atoms with Crippen molar-refractivity contribution in [2.24, 2.45) is 0 Å². The highest BCUT2D eigenvalue weighted by Gasteiger charge is 2.00.